The highest BCUT2D eigenvalue weighted by molar-refractivity contribution is 5.88. The Bertz CT molecular complexity index is 898. The fraction of sp³-hybridized carbons (Fsp3) is 0.375. The third kappa shape index (κ3) is 5.42. The molecule has 1 atom stereocenters. The molecule has 1 aliphatic carbocycles. The predicted molar refractivity (Wildman–Crippen MR) is 117 cm³/mol. The molecule has 7 heteroatoms. The van der Waals surface area contributed by atoms with E-state index < -0.39 is 24.0 Å². The van der Waals surface area contributed by atoms with Gasteiger partial charge in [-0.3, -0.25) is 9.59 Å². The molecule has 0 fully saturated rings. The molecule has 3 rings (SSSR count). The highest BCUT2D eigenvalue weighted by Crippen LogP contribution is 2.44. The third-order valence-electron chi connectivity index (χ3n) is 5.43. The lowest BCUT2D eigenvalue weighted by molar-refractivity contribution is -0.141. The molecule has 31 heavy (non-hydrogen) atoms. The van der Waals surface area contributed by atoms with Gasteiger partial charge in [-0.2, -0.15) is 0 Å². The minimum absolute atomic E-state index is 0.0552. The van der Waals surface area contributed by atoms with E-state index in [1.807, 2.05) is 43.3 Å². The van der Waals surface area contributed by atoms with Gasteiger partial charge < -0.3 is 20.1 Å². The second-order valence-electron chi connectivity index (χ2n) is 7.46. The molecular formula is C24H28N2O5. The first-order chi connectivity index (χ1) is 15.0. The van der Waals surface area contributed by atoms with E-state index in [1.54, 1.807) is 0 Å². The van der Waals surface area contributed by atoms with Crippen LogP contribution in [-0.2, 0) is 19.1 Å². The lowest BCUT2D eigenvalue weighted by Gasteiger charge is -2.19. The lowest BCUT2D eigenvalue weighted by atomic mass is 9.98. The average Bonchev–Trinajstić information content (AvgIpc) is 3.12. The molecule has 7 nitrogen and oxygen atoms in total. The molecular weight excluding hydrogens is 396 g/mol. The maximum Gasteiger partial charge on any atom is 0.407 e. The van der Waals surface area contributed by atoms with Crippen molar-refractivity contribution in [3.8, 4) is 11.1 Å². The fourth-order valence-electron chi connectivity index (χ4n) is 3.81. The zero-order valence-electron chi connectivity index (χ0n) is 17.9. The predicted octanol–water partition coefficient (Wildman–Crippen LogP) is 3.37. The number of fused-ring (bicyclic) bond motifs is 3. The van der Waals surface area contributed by atoms with Gasteiger partial charge in [0.15, 0.2) is 0 Å². The van der Waals surface area contributed by atoms with Gasteiger partial charge in [0.1, 0.15) is 19.2 Å². The topological polar surface area (TPSA) is 93.7 Å². The van der Waals surface area contributed by atoms with Gasteiger partial charge in [0, 0.05) is 5.92 Å². The summed E-state index contributed by atoms with van der Waals surface area (Å²) in [6, 6.07) is 15.4. The van der Waals surface area contributed by atoms with Crippen LogP contribution in [0.25, 0.3) is 11.1 Å². The second-order valence-corrected chi connectivity index (χ2v) is 7.46. The van der Waals surface area contributed by atoms with E-state index in [-0.39, 0.29) is 19.1 Å². The van der Waals surface area contributed by atoms with Gasteiger partial charge in [0.2, 0.25) is 5.91 Å². The molecule has 0 saturated heterocycles. The van der Waals surface area contributed by atoms with Crippen molar-refractivity contribution in [3.05, 3.63) is 59.7 Å². The van der Waals surface area contributed by atoms with E-state index in [4.69, 9.17) is 4.74 Å². The maximum absolute atomic E-state index is 12.5. The lowest BCUT2D eigenvalue weighted by Crippen LogP contribution is -2.48. The summed E-state index contributed by atoms with van der Waals surface area (Å²) in [5.41, 5.74) is 4.54. The Balaban J connectivity index is 1.62. The molecule has 0 radical (unpaired) electrons. The summed E-state index contributed by atoms with van der Waals surface area (Å²) in [6.07, 6.45) is 1.41. The molecule has 0 aromatic heterocycles. The summed E-state index contributed by atoms with van der Waals surface area (Å²) in [4.78, 5) is 36.2. The summed E-state index contributed by atoms with van der Waals surface area (Å²) >= 11 is 0. The number of ether oxygens (including phenoxy) is 2. The van der Waals surface area contributed by atoms with Gasteiger partial charge in [-0.25, -0.2) is 4.79 Å². The van der Waals surface area contributed by atoms with Crippen LogP contribution in [0.15, 0.2) is 48.5 Å². The summed E-state index contributed by atoms with van der Waals surface area (Å²) < 4.78 is 10.1. The molecule has 2 N–H and O–H groups in total. The standard InChI is InChI=1S/C24H28N2O5/c1-3-4-13-21(23(28)25-14-22(27)30-2)26-24(29)31-15-20-18-11-7-5-9-16(18)17-10-6-8-12-19(17)20/h5-12,20-21H,3-4,13-15H2,1-2H3,(H,25,28)(H,26,29)/t21-/m1/s1. The van der Waals surface area contributed by atoms with Gasteiger partial charge in [0.05, 0.1) is 7.11 Å². The van der Waals surface area contributed by atoms with Crippen molar-refractivity contribution in [3.63, 3.8) is 0 Å². The molecule has 0 heterocycles. The second kappa shape index (κ2) is 10.6. The van der Waals surface area contributed by atoms with Crippen molar-refractivity contribution < 1.29 is 23.9 Å². The third-order valence-corrected chi connectivity index (χ3v) is 5.43. The van der Waals surface area contributed by atoms with Crippen LogP contribution < -0.4 is 10.6 Å². The number of methoxy groups -OCH3 is 1. The van der Waals surface area contributed by atoms with Crippen LogP contribution in [-0.4, -0.2) is 44.3 Å². The van der Waals surface area contributed by atoms with E-state index in [0.29, 0.717) is 6.42 Å². The van der Waals surface area contributed by atoms with Crippen molar-refractivity contribution in [2.75, 3.05) is 20.3 Å². The Hall–Kier alpha value is -3.35. The number of carbonyl (C=O) groups is 3. The zero-order chi connectivity index (χ0) is 22.2. The quantitative estimate of drug-likeness (QED) is 0.602. The number of unbranched alkanes of at least 4 members (excludes halogenated alkanes) is 1. The molecule has 2 aromatic rings. The average molecular weight is 424 g/mol. The maximum atomic E-state index is 12.5. The van der Waals surface area contributed by atoms with Crippen LogP contribution in [0.5, 0.6) is 0 Å². The summed E-state index contributed by atoms with van der Waals surface area (Å²) in [6.45, 7) is 1.92. The molecule has 164 valence electrons. The Morgan fingerprint density at radius 2 is 1.61 bits per heavy atom. The van der Waals surface area contributed by atoms with Crippen molar-refractivity contribution >= 4 is 18.0 Å². The first-order valence-corrected chi connectivity index (χ1v) is 10.5. The number of hydrogen-bond acceptors (Lipinski definition) is 5. The Morgan fingerprint density at radius 3 is 2.19 bits per heavy atom. The first-order valence-electron chi connectivity index (χ1n) is 10.5. The monoisotopic (exact) mass is 424 g/mol. The molecule has 0 aliphatic heterocycles. The molecule has 2 aromatic carbocycles. The number of benzene rings is 2. The van der Waals surface area contributed by atoms with Crippen LogP contribution >= 0.6 is 0 Å². The number of alkyl carbamates (subject to hydrolysis) is 1. The van der Waals surface area contributed by atoms with Gasteiger partial charge in [0.25, 0.3) is 0 Å². The summed E-state index contributed by atoms with van der Waals surface area (Å²) in [5, 5.41) is 5.13. The van der Waals surface area contributed by atoms with E-state index in [2.05, 4.69) is 27.5 Å². The summed E-state index contributed by atoms with van der Waals surface area (Å²) in [7, 11) is 1.25. The van der Waals surface area contributed by atoms with Crippen molar-refractivity contribution in [1.82, 2.24) is 10.6 Å². The van der Waals surface area contributed by atoms with Crippen LogP contribution in [0, 0.1) is 0 Å². The number of amides is 2. The number of esters is 1. The van der Waals surface area contributed by atoms with E-state index in [0.717, 1.165) is 35.1 Å². The van der Waals surface area contributed by atoms with E-state index >= 15 is 0 Å². The SMILES string of the molecule is CCCC[C@@H](NC(=O)OCC1c2ccccc2-c2ccccc21)C(=O)NCC(=O)OC. The van der Waals surface area contributed by atoms with Gasteiger partial charge in [-0.1, -0.05) is 68.3 Å². The molecule has 0 saturated carbocycles. The highest BCUT2D eigenvalue weighted by Gasteiger charge is 2.29. The number of nitrogens with one attached hydrogen (secondary N) is 2. The highest BCUT2D eigenvalue weighted by atomic mass is 16.5. The molecule has 0 unspecified atom stereocenters. The number of carbonyl (C=O) groups excluding carboxylic acids is 3. The van der Waals surface area contributed by atoms with Gasteiger partial charge in [-0.05, 0) is 28.7 Å². The minimum atomic E-state index is -0.778. The largest absolute Gasteiger partial charge is 0.468 e. The number of rotatable bonds is 9. The van der Waals surface area contributed by atoms with Crippen molar-refractivity contribution in [2.45, 2.75) is 38.1 Å². The first kappa shape index (κ1) is 22.3. The zero-order valence-corrected chi connectivity index (χ0v) is 17.9. The van der Waals surface area contributed by atoms with Crippen LogP contribution in [0.4, 0.5) is 4.79 Å². The Morgan fingerprint density at radius 1 is 1.00 bits per heavy atom. The minimum Gasteiger partial charge on any atom is -0.468 e. The smallest absolute Gasteiger partial charge is 0.407 e. The number of hydrogen-bond donors (Lipinski definition) is 2. The Kier molecular flexibility index (Phi) is 7.65. The van der Waals surface area contributed by atoms with E-state index in [1.165, 1.54) is 7.11 Å². The van der Waals surface area contributed by atoms with Gasteiger partial charge >= 0.3 is 12.1 Å². The molecule has 1 aliphatic rings. The van der Waals surface area contributed by atoms with Crippen LogP contribution in [0.2, 0.25) is 0 Å². The van der Waals surface area contributed by atoms with E-state index in [9.17, 15) is 14.4 Å². The van der Waals surface area contributed by atoms with Crippen molar-refractivity contribution in [1.29, 1.82) is 0 Å². The molecule has 0 spiro atoms. The Labute approximate surface area is 182 Å². The molecule has 2 amide bonds. The van der Waals surface area contributed by atoms with Gasteiger partial charge in [-0.15, -0.1) is 0 Å². The normalized spacial score (nSPS) is 13.0. The fourth-order valence-corrected chi connectivity index (χ4v) is 3.81. The molecule has 0 bridgehead atoms. The van der Waals surface area contributed by atoms with Crippen LogP contribution in [0.1, 0.15) is 43.2 Å². The van der Waals surface area contributed by atoms with Crippen molar-refractivity contribution in [2.24, 2.45) is 0 Å². The van der Waals surface area contributed by atoms with Crippen LogP contribution in [0.3, 0.4) is 0 Å². The summed E-state index contributed by atoms with van der Waals surface area (Å²) in [5.74, 6) is -1.04.